The van der Waals surface area contributed by atoms with Gasteiger partial charge in [0, 0.05) is 5.38 Å². The number of amides is 3. The molecule has 0 saturated carbocycles. The fourth-order valence-electron chi connectivity index (χ4n) is 2.02. The minimum Gasteiger partial charge on any atom is -0.467 e. The molecule has 2 rings (SSSR count). The van der Waals surface area contributed by atoms with E-state index in [2.05, 4.69) is 30.8 Å². The van der Waals surface area contributed by atoms with Crippen LogP contribution in [0.5, 0.6) is 0 Å². The third kappa shape index (κ3) is 5.16. The number of thiazole rings is 1. The molecule has 0 bridgehead atoms. The Labute approximate surface area is 168 Å². The number of halogens is 1. The van der Waals surface area contributed by atoms with Crippen molar-refractivity contribution in [2.24, 2.45) is 5.16 Å². The van der Waals surface area contributed by atoms with Crippen molar-refractivity contribution in [3.63, 3.8) is 0 Å². The van der Waals surface area contributed by atoms with Gasteiger partial charge in [-0.1, -0.05) is 5.16 Å². The predicted molar refractivity (Wildman–Crippen MR) is 100 cm³/mol. The molecule has 13 heteroatoms. The average molecular weight is 432 g/mol. The van der Waals surface area contributed by atoms with E-state index in [4.69, 9.17) is 16.4 Å². The predicted octanol–water partition coefficient (Wildman–Crippen LogP) is -0.394. The third-order valence-electron chi connectivity index (χ3n) is 3.34. The molecule has 0 aromatic carbocycles. The van der Waals surface area contributed by atoms with Gasteiger partial charge in [-0.15, -0.1) is 22.9 Å². The summed E-state index contributed by atoms with van der Waals surface area (Å²) in [6.07, 6.45) is -0.327. The van der Waals surface area contributed by atoms with E-state index in [0.717, 1.165) is 11.3 Å². The number of carbonyl (C=O) groups is 4. The van der Waals surface area contributed by atoms with Crippen LogP contribution in [0.2, 0.25) is 0 Å². The third-order valence-corrected chi connectivity index (χ3v) is 4.34. The van der Waals surface area contributed by atoms with Crippen LogP contribution in [-0.4, -0.2) is 65.6 Å². The van der Waals surface area contributed by atoms with Gasteiger partial charge < -0.3 is 25.5 Å². The Morgan fingerprint density at radius 1 is 1.43 bits per heavy atom. The number of methoxy groups -OCH3 is 1. The Kier molecular flexibility index (Phi) is 7.29. The van der Waals surface area contributed by atoms with Gasteiger partial charge in [-0.05, 0) is 13.8 Å². The summed E-state index contributed by atoms with van der Waals surface area (Å²) in [4.78, 5) is 56.6. The van der Waals surface area contributed by atoms with Gasteiger partial charge in [0.05, 0.1) is 7.11 Å². The van der Waals surface area contributed by atoms with Crippen LogP contribution in [0.3, 0.4) is 0 Å². The van der Waals surface area contributed by atoms with Crippen molar-refractivity contribution in [3.05, 3.63) is 11.1 Å². The summed E-state index contributed by atoms with van der Waals surface area (Å²) in [5, 5.41) is 12.7. The van der Waals surface area contributed by atoms with Gasteiger partial charge in [-0.25, -0.2) is 9.78 Å². The number of ether oxygens (including phenoxy) is 1. The quantitative estimate of drug-likeness (QED) is 0.167. The van der Waals surface area contributed by atoms with Crippen molar-refractivity contribution in [1.82, 2.24) is 15.6 Å². The van der Waals surface area contributed by atoms with Crippen molar-refractivity contribution in [1.29, 1.82) is 0 Å². The fraction of sp³-hybridized carbons (Fsp3) is 0.467. The number of aromatic nitrogens is 1. The van der Waals surface area contributed by atoms with Gasteiger partial charge in [0.1, 0.15) is 23.7 Å². The van der Waals surface area contributed by atoms with E-state index >= 15 is 0 Å². The molecule has 1 fully saturated rings. The number of esters is 1. The van der Waals surface area contributed by atoms with Crippen LogP contribution in [0, 0.1) is 0 Å². The zero-order chi connectivity index (χ0) is 20.8. The summed E-state index contributed by atoms with van der Waals surface area (Å²) in [5.41, 5.74) is -0.109. The van der Waals surface area contributed by atoms with Gasteiger partial charge in [0.2, 0.25) is 11.8 Å². The molecule has 3 amide bonds. The van der Waals surface area contributed by atoms with Gasteiger partial charge in [0.25, 0.3) is 5.91 Å². The van der Waals surface area contributed by atoms with Gasteiger partial charge in [-0.2, -0.15) is 0 Å². The van der Waals surface area contributed by atoms with E-state index in [1.165, 1.54) is 12.5 Å². The summed E-state index contributed by atoms with van der Waals surface area (Å²) in [7, 11) is 1.17. The van der Waals surface area contributed by atoms with Crippen molar-refractivity contribution in [3.8, 4) is 0 Å². The van der Waals surface area contributed by atoms with Gasteiger partial charge >= 0.3 is 5.97 Å². The van der Waals surface area contributed by atoms with Crippen LogP contribution < -0.4 is 16.0 Å². The molecule has 1 aromatic rings. The summed E-state index contributed by atoms with van der Waals surface area (Å²) >= 11 is 6.48. The smallest absolute Gasteiger partial charge is 0.331 e. The summed E-state index contributed by atoms with van der Waals surface area (Å²) < 4.78 is 4.57. The maximum Gasteiger partial charge on any atom is 0.331 e. The topological polar surface area (TPSA) is 148 Å². The molecule has 2 atom stereocenters. The monoisotopic (exact) mass is 431 g/mol. The number of anilines is 1. The Morgan fingerprint density at radius 2 is 2.14 bits per heavy atom. The van der Waals surface area contributed by atoms with E-state index < -0.39 is 35.8 Å². The lowest BCUT2D eigenvalue weighted by atomic mass is 9.99. The first-order valence-electron chi connectivity index (χ1n) is 8.01. The van der Waals surface area contributed by atoms with Crippen molar-refractivity contribution >= 4 is 57.5 Å². The first kappa shape index (κ1) is 21.6. The Morgan fingerprint density at radius 3 is 2.71 bits per heavy atom. The first-order chi connectivity index (χ1) is 13.3. The zero-order valence-electron chi connectivity index (χ0n) is 15.1. The number of carbonyl (C=O) groups excluding carboxylic acids is 4. The molecule has 0 aliphatic carbocycles. The molecule has 1 aromatic heterocycles. The van der Waals surface area contributed by atoms with Crippen LogP contribution in [0.4, 0.5) is 5.13 Å². The number of oxime groups is 1. The lowest BCUT2D eigenvalue weighted by Gasteiger charge is -2.34. The van der Waals surface area contributed by atoms with Crippen molar-refractivity contribution < 1.29 is 28.8 Å². The number of nitrogens with zero attached hydrogens (tertiary/aromatic N) is 2. The fourth-order valence-corrected chi connectivity index (χ4v) is 2.80. The number of alkyl halides is 1. The largest absolute Gasteiger partial charge is 0.467 e. The normalized spacial score (nSPS) is 18.8. The second kappa shape index (κ2) is 9.46. The molecule has 11 nitrogen and oxygen atoms in total. The highest BCUT2D eigenvalue weighted by Crippen LogP contribution is 2.17. The number of hydrogen-bond acceptors (Lipinski definition) is 9. The molecule has 2 heterocycles. The molecule has 28 heavy (non-hydrogen) atoms. The second-order valence-electron chi connectivity index (χ2n) is 5.77. The Balaban J connectivity index is 2.20. The molecule has 1 aliphatic rings. The van der Waals surface area contributed by atoms with Crippen LogP contribution in [0.15, 0.2) is 10.5 Å². The summed E-state index contributed by atoms with van der Waals surface area (Å²) in [6.45, 7) is 3.41. The average Bonchev–Trinajstić information content (AvgIpc) is 3.11. The highest BCUT2D eigenvalue weighted by Gasteiger charge is 2.46. The second-order valence-corrected chi connectivity index (χ2v) is 6.90. The van der Waals surface area contributed by atoms with Gasteiger partial charge in [0.15, 0.2) is 16.9 Å². The van der Waals surface area contributed by atoms with Crippen molar-refractivity contribution in [2.75, 3.05) is 18.3 Å². The Bertz CT molecular complexity index is 811. The molecule has 3 N–H and O–H groups in total. The van der Waals surface area contributed by atoms with E-state index in [0.29, 0.717) is 0 Å². The maximum absolute atomic E-state index is 12.7. The lowest BCUT2D eigenvalue weighted by Crippen LogP contribution is -2.72. The van der Waals surface area contributed by atoms with Crippen LogP contribution in [0.25, 0.3) is 0 Å². The lowest BCUT2D eigenvalue weighted by molar-refractivity contribution is -0.153. The van der Waals surface area contributed by atoms with Crippen LogP contribution in [0.1, 0.15) is 19.5 Å². The van der Waals surface area contributed by atoms with Crippen molar-refractivity contribution in [2.45, 2.75) is 32.0 Å². The molecule has 0 radical (unpaired) electrons. The molecular weight excluding hydrogens is 414 g/mol. The molecule has 0 spiro atoms. The molecule has 1 aliphatic heterocycles. The Hall–Kier alpha value is -2.73. The first-order valence-corrected chi connectivity index (χ1v) is 9.42. The highest BCUT2D eigenvalue weighted by atomic mass is 35.5. The number of β-lactam (4-membered cyclic amide) rings is 1. The van der Waals surface area contributed by atoms with E-state index in [9.17, 15) is 19.2 Å². The van der Waals surface area contributed by atoms with Gasteiger partial charge in [-0.3, -0.25) is 14.4 Å². The minimum atomic E-state index is -1.11. The zero-order valence-corrected chi connectivity index (χ0v) is 16.7. The number of rotatable bonds is 8. The standard InChI is InChI=1S/C15H18ClN5O6S/c1-6(2)27-21-9(7-5-28-15(17-7)18-8(22)4-16)12(23)19-10-11(14(25)26-3)20-13(10)24/h5-6,10-11H,4H2,1-3H3,(H,19,23)(H,20,24)(H,17,18,22)/b21-9-. The maximum atomic E-state index is 12.7. The molecule has 152 valence electrons. The van der Waals surface area contributed by atoms with E-state index in [-0.39, 0.29) is 28.5 Å². The highest BCUT2D eigenvalue weighted by molar-refractivity contribution is 7.14. The minimum absolute atomic E-state index is 0.113. The summed E-state index contributed by atoms with van der Waals surface area (Å²) in [6, 6.07) is -2.11. The van der Waals surface area contributed by atoms with E-state index in [1.807, 2.05) is 0 Å². The van der Waals surface area contributed by atoms with Crippen LogP contribution >= 0.6 is 22.9 Å². The summed E-state index contributed by atoms with van der Waals surface area (Å²) in [5.74, 6) is -2.73. The van der Waals surface area contributed by atoms with Crippen LogP contribution in [-0.2, 0) is 28.8 Å². The number of nitrogens with one attached hydrogen (secondary N) is 3. The SMILES string of the molecule is COC(=O)C1NC(=O)C1NC(=O)/C(=N\OC(C)C)c1csc(NC(=O)CCl)n1. The van der Waals surface area contributed by atoms with E-state index in [1.54, 1.807) is 13.8 Å². The molecule has 1 saturated heterocycles. The molecule has 2 unspecified atom stereocenters. The molecular formula is C15H18ClN5O6S. The number of hydrogen-bond donors (Lipinski definition) is 3.